The Balaban J connectivity index is 0. The van der Waals surface area contributed by atoms with Crippen LogP contribution in [0.4, 0.5) is 0 Å². The molecule has 0 bridgehead atoms. The monoisotopic (exact) mass is 488 g/mol. The number of ketones is 2. The zero-order valence-electron chi connectivity index (χ0n) is 22.9. The van der Waals surface area contributed by atoms with Crippen LogP contribution >= 0.6 is 0 Å². The van der Waals surface area contributed by atoms with Gasteiger partial charge in [-0.2, -0.15) is 0 Å². The van der Waals surface area contributed by atoms with E-state index in [-0.39, 0.29) is 30.8 Å². The van der Waals surface area contributed by atoms with Gasteiger partial charge in [0.05, 0.1) is 19.6 Å². The summed E-state index contributed by atoms with van der Waals surface area (Å²) in [5, 5.41) is 18.7. The Morgan fingerprint density at radius 2 is 1.06 bits per heavy atom. The van der Waals surface area contributed by atoms with Gasteiger partial charge in [0.2, 0.25) is 0 Å². The lowest BCUT2D eigenvalue weighted by atomic mass is 10.1. The van der Waals surface area contributed by atoms with E-state index >= 15 is 0 Å². The maximum absolute atomic E-state index is 11.7. The van der Waals surface area contributed by atoms with E-state index in [4.69, 9.17) is 0 Å². The Labute approximate surface area is 208 Å². The first-order valence-electron chi connectivity index (χ1n) is 13.0. The standard InChI is InChI=1S/C21H40N4O5.2C2H6/c1-4-20(5-14-26)25-12-10-22(15-18(2)27)6-8-24(17-21(29)30)9-7-23(11-13-25)16-19(3)28;2*1-2/h20,26H,4-17H2,1-3H3,(H,29,30);2*1-2H3. The summed E-state index contributed by atoms with van der Waals surface area (Å²) < 4.78 is 0. The maximum Gasteiger partial charge on any atom is 0.317 e. The van der Waals surface area contributed by atoms with Gasteiger partial charge in [0.25, 0.3) is 0 Å². The van der Waals surface area contributed by atoms with Crippen LogP contribution in [-0.4, -0.2) is 132 Å². The number of carbonyl (C=O) groups excluding carboxylic acids is 2. The van der Waals surface area contributed by atoms with E-state index in [9.17, 15) is 24.6 Å². The van der Waals surface area contributed by atoms with Crippen LogP contribution in [0.25, 0.3) is 0 Å². The quantitative estimate of drug-likeness (QED) is 0.475. The number of rotatable bonds is 10. The van der Waals surface area contributed by atoms with Crippen molar-refractivity contribution in [1.29, 1.82) is 0 Å². The molecule has 1 atom stereocenters. The minimum absolute atomic E-state index is 0.0532. The fourth-order valence-corrected chi connectivity index (χ4v) is 4.01. The summed E-state index contributed by atoms with van der Waals surface area (Å²) in [5.41, 5.74) is 0. The number of aliphatic carboxylic acids is 1. The molecule has 9 nitrogen and oxygen atoms in total. The molecule has 1 aliphatic heterocycles. The maximum atomic E-state index is 11.7. The molecule has 1 heterocycles. The predicted octanol–water partition coefficient (Wildman–Crippen LogP) is 1.68. The number of carboxylic acids is 1. The number of carbonyl (C=O) groups is 3. The first-order chi connectivity index (χ1) is 16.2. The van der Waals surface area contributed by atoms with E-state index in [1.807, 2.05) is 32.6 Å². The molecule has 1 saturated heterocycles. The van der Waals surface area contributed by atoms with Crippen molar-refractivity contribution >= 4 is 17.5 Å². The highest BCUT2D eigenvalue weighted by atomic mass is 16.4. The number of carboxylic acid groups (broad SMARTS) is 1. The van der Waals surface area contributed by atoms with E-state index in [0.717, 1.165) is 19.5 Å². The summed E-state index contributed by atoms with van der Waals surface area (Å²) in [5.74, 6) is -0.693. The molecule has 0 saturated carbocycles. The van der Waals surface area contributed by atoms with Crippen molar-refractivity contribution in [2.45, 2.75) is 67.3 Å². The topological polar surface area (TPSA) is 105 Å². The van der Waals surface area contributed by atoms with Crippen LogP contribution < -0.4 is 0 Å². The summed E-state index contributed by atoms with van der Waals surface area (Å²) in [6, 6.07) is 0.250. The van der Waals surface area contributed by atoms with Gasteiger partial charge in [0.1, 0.15) is 11.6 Å². The molecule has 0 aromatic heterocycles. The summed E-state index contributed by atoms with van der Waals surface area (Å²) >= 11 is 0. The Hall–Kier alpha value is -1.39. The molecule has 0 amide bonds. The Morgan fingerprint density at radius 3 is 1.35 bits per heavy atom. The molecule has 1 fully saturated rings. The van der Waals surface area contributed by atoms with Crippen molar-refractivity contribution in [2.24, 2.45) is 0 Å². The van der Waals surface area contributed by atoms with Gasteiger partial charge >= 0.3 is 5.97 Å². The lowest BCUT2D eigenvalue weighted by Gasteiger charge is -2.36. The van der Waals surface area contributed by atoms with Gasteiger partial charge in [0.15, 0.2) is 0 Å². The minimum Gasteiger partial charge on any atom is -0.480 e. The molecular formula is C25H52N4O5. The molecule has 34 heavy (non-hydrogen) atoms. The summed E-state index contributed by atoms with van der Waals surface area (Å²) in [4.78, 5) is 43.1. The second-order valence-corrected chi connectivity index (χ2v) is 8.24. The van der Waals surface area contributed by atoms with Crippen LogP contribution in [0.5, 0.6) is 0 Å². The molecule has 9 heteroatoms. The average molecular weight is 489 g/mol. The van der Waals surface area contributed by atoms with Crippen LogP contribution in [0.3, 0.4) is 0 Å². The molecule has 1 aliphatic rings. The third kappa shape index (κ3) is 17.1. The van der Waals surface area contributed by atoms with Crippen molar-refractivity contribution in [2.75, 3.05) is 78.6 Å². The van der Waals surface area contributed by atoms with Crippen LogP contribution in [0.2, 0.25) is 0 Å². The van der Waals surface area contributed by atoms with Crippen molar-refractivity contribution in [1.82, 2.24) is 19.6 Å². The zero-order valence-corrected chi connectivity index (χ0v) is 22.9. The first kappa shape index (κ1) is 34.8. The first-order valence-corrected chi connectivity index (χ1v) is 13.0. The van der Waals surface area contributed by atoms with E-state index in [2.05, 4.69) is 21.6 Å². The molecular weight excluding hydrogens is 436 g/mol. The predicted molar refractivity (Wildman–Crippen MR) is 138 cm³/mol. The lowest BCUT2D eigenvalue weighted by molar-refractivity contribution is -0.138. The van der Waals surface area contributed by atoms with Crippen molar-refractivity contribution in [3.8, 4) is 0 Å². The summed E-state index contributed by atoms with van der Waals surface area (Å²) in [7, 11) is 0. The van der Waals surface area contributed by atoms with Gasteiger partial charge in [-0.15, -0.1) is 0 Å². The van der Waals surface area contributed by atoms with Gasteiger partial charge in [-0.1, -0.05) is 34.6 Å². The van der Waals surface area contributed by atoms with E-state index < -0.39 is 5.97 Å². The zero-order chi connectivity index (χ0) is 26.5. The molecule has 1 unspecified atom stereocenters. The second kappa shape index (κ2) is 22.1. The average Bonchev–Trinajstić information content (AvgIpc) is 2.79. The van der Waals surface area contributed by atoms with Crippen LogP contribution in [-0.2, 0) is 14.4 Å². The van der Waals surface area contributed by atoms with E-state index in [1.54, 1.807) is 13.8 Å². The smallest absolute Gasteiger partial charge is 0.317 e. The van der Waals surface area contributed by atoms with E-state index in [0.29, 0.717) is 58.8 Å². The minimum atomic E-state index is -0.876. The normalized spacial score (nSPS) is 18.2. The largest absolute Gasteiger partial charge is 0.480 e. The third-order valence-electron chi connectivity index (χ3n) is 5.57. The Bertz CT molecular complexity index is 515. The molecule has 202 valence electrons. The number of nitrogens with zero attached hydrogens (tertiary/aromatic N) is 4. The molecule has 1 rings (SSSR count). The van der Waals surface area contributed by atoms with Gasteiger partial charge < -0.3 is 10.2 Å². The molecule has 0 aromatic rings. The van der Waals surface area contributed by atoms with E-state index in [1.165, 1.54) is 0 Å². The van der Waals surface area contributed by atoms with Gasteiger partial charge in [-0.3, -0.25) is 34.0 Å². The van der Waals surface area contributed by atoms with Crippen molar-refractivity contribution in [3.05, 3.63) is 0 Å². The number of aliphatic hydroxyl groups excluding tert-OH is 1. The van der Waals surface area contributed by atoms with Crippen molar-refractivity contribution in [3.63, 3.8) is 0 Å². The third-order valence-corrected chi connectivity index (χ3v) is 5.57. The van der Waals surface area contributed by atoms with Gasteiger partial charge in [-0.25, -0.2) is 0 Å². The second-order valence-electron chi connectivity index (χ2n) is 8.24. The lowest BCUT2D eigenvalue weighted by Crippen LogP contribution is -2.50. The van der Waals surface area contributed by atoms with Crippen LogP contribution in [0.15, 0.2) is 0 Å². The number of aliphatic hydroxyl groups is 1. The van der Waals surface area contributed by atoms with Gasteiger partial charge in [-0.05, 0) is 26.7 Å². The fraction of sp³-hybridized carbons (Fsp3) is 0.880. The molecule has 2 N–H and O–H groups in total. The Morgan fingerprint density at radius 1 is 0.706 bits per heavy atom. The highest BCUT2D eigenvalue weighted by Gasteiger charge is 2.22. The highest BCUT2D eigenvalue weighted by Crippen LogP contribution is 2.10. The summed E-state index contributed by atoms with van der Waals surface area (Å²) in [6.07, 6.45) is 1.62. The molecule has 0 radical (unpaired) electrons. The fourth-order valence-electron chi connectivity index (χ4n) is 4.01. The van der Waals surface area contributed by atoms with Crippen molar-refractivity contribution < 1.29 is 24.6 Å². The SMILES string of the molecule is CC.CC.CCC(CCO)N1CCN(CC(C)=O)CCN(CC(=O)O)CCN(CC(C)=O)CC1. The highest BCUT2D eigenvalue weighted by molar-refractivity contribution is 5.77. The van der Waals surface area contributed by atoms with Crippen LogP contribution in [0.1, 0.15) is 61.3 Å². The Kier molecular flexibility index (Phi) is 22.6. The molecule has 0 spiro atoms. The van der Waals surface area contributed by atoms with Gasteiger partial charge in [0, 0.05) is 65.0 Å². The molecule has 0 aromatic carbocycles. The molecule has 0 aliphatic carbocycles. The summed E-state index contributed by atoms with van der Waals surface area (Å²) in [6.45, 7) is 19.3. The number of hydrogen-bond donors (Lipinski definition) is 2. The van der Waals surface area contributed by atoms with Crippen LogP contribution in [0, 0.1) is 0 Å². The number of hydrogen-bond acceptors (Lipinski definition) is 8. The number of Topliss-reactive ketones (excluding diaryl/α,β-unsaturated/α-hetero) is 2.